The molecule has 1 aliphatic heterocycles. The summed E-state index contributed by atoms with van der Waals surface area (Å²) >= 11 is 0. The first kappa shape index (κ1) is 15.5. The topological polar surface area (TPSA) is 0 Å². The van der Waals surface area contributed by atoms with Gasteiger partial charge in [-0.25, -0.2) is 0 Å². The van der Waals surface area contributed by atoms with Crippen LogP contribution in [0.2, 0.25) is 0 Å². The van der Waals surface area contributed by atoms with Gasteiger partial charge in [0.05, 0.1) is 31.1 Å². The van der Waals surface area contributed by atoms with Crippen molar-refractivity contribution in [3.05, 3.63) is 77.9 Å². The molecule has 0 nitrogen and oxygen atoms in total. The van der Waals surface area contributed by atoms with Crippen molar-refractivity contribution in [2.45, 2.75) is 13.1 Å². The minimum Gasteiger partial charge on any atom is -1.00 e. The van der Waals surface area contributed by atoms with Crippen LogP contribution in [0.3, 0.4) is 0 Å². The third-order valence-corrected chi connectivity index (χ3v) is 8.32. The molecule has 1 heterocycles. The molecule has 0 saturated carbocycles. The maximum atomic E-state index is 2.46. The lowest BCUT2D eigenvalue weighted by Gasteiger charge is -2.23. The Morgan fingerprint density at radius 3 is 2.05 bits per heavy atom. The maximum Gasteiger partial charge on any atom is 0.0949 e. The molecule has 1 atom stereocenters. The average molecular weight is 347 g/mol. The summed E-state index contributed by atoms with van der Waals surface area (Å²) in [5, 5.41) is 1.59. The average Bonchev–Trinajstić information content (AvgIpc) is 2.83. The van der Waals surface area contributed by atoms with E-state index >= 15 is 0 Å². The van der Waals surface area contributed by atoms with Crippen LogP contribution >= 0.6 is 7.26 Å². The quantitative estimate of drug-likeness (QED) is 0.583. The second-order valence-electron chi connectivity index (χ2n) is 5.52. The highest BCUT2D eigenvalue weighted by atomic mass is 79.9. The second-order valence-corrected chi connectivity index (χ2v) is 9.32. The van der Waals surface area contributed by atoms with E-state index in [9.17, 15) is 0 Å². The number of hydrogen-bond acceptors (Lipinski definition) is 0. The zero-order chi connectivity index (χ0) is 13.1. The molecule has 2 aromatic carbocycles. The number of hydrogen-bond donors (Lipinski definition) is 0. The van der Waals surface area contributed by atoms with E-state index < -0.39 is 7.26 Å². The summed E-state index contributed by atoms with van der Waals surface area (Å²) in [5.74, 6) is 0. The van der Waals surface area contributed by atoms with Crippen LogP contribution < -0.4 is 22.3 Å². The maximum absolute atomic E-state index is 2.46. The smallest absolute Gasteiger partial charge is 0.0949 e. The van der Waals surface area contributed by atoms with Crippen molar-refractivity contribution in [3.8, 4) is 0 Å². The van der Waals surface area contributed by atoms with Crippen LogP contribution in [0.5, 0.6) is 0 Å². The predicted octanol–water partition coefficient (Wildman–Crippen LogP) is 1.49. The van der Waals surface area contributed by atoms with E-state index in [4.69, 9.17) is 0 Å². The minimum absolute atomic E-state index is 0. The molecule has 104 valence electrons. The first-order chi connectivity index (χ1) is 9.28. The molecule has 0 amide bonds. The van der Waals surface area contributed by atoms with Crippen molar-refractivity contribution < 1.29 is 17.0 Å². The third kappa shape index (κ3) is 3.22. The predicted molar refractivity (Wildman–Crippen MR) is 86.6 cm³/mol. The van der Waals surface area contributed by atoms with Gasteiger partial charge in [0.25, 0.3) is 0 Å². The summed E-state index contributed by atoms with van der Waals surface area (Å²) in [6.45, 7) is 2.29. The van der Waals surface area contributed by atoms with Crippen LogP contribution in [0.1, 0.15) is 12.5 Å². The van der Waals surface area contributed by atoms with Crippen molar-refractivity contribution in [2.75, 3.05) is 12.3 Å². The van der Waals surface area contributed by atoms with Crippen LogP contribution in [-0.4, -0.2) is 12.3 Å². The Kier molecular flexibility index (Phi) is 5.18. The van der Waals surface area contributed by atoms with Crippen molar-refractivity contribution in [2.24, 2.45) is 0 Å². The monoisotopic (exact) mass is 346 g/mol. The lowest BCUT2D eigenvalue weighted by molar-refractivity contribution is -0.00000393. The molecule has 20 heavy (non-hydrogen) atoms. The van der Waals surface area contributed by atoms with Gasteiger partial charge in [-0.3, -0.25) is 0 Å². The Morgan fingerprint density at radius 1 is 0.900 bits per heavy atom. The highest BCUT2D eigenvalue weighted by Crippen LogP contribution is 2.64. The molecule has 0 N–H and O–H groups in total. The highest BCUT2D eigenvalue weighted by Gasteiger charge is 2.42. The molecular formula is C18H20BrP. The Hall–Kier alpha value is -0.910. The number of allylic oxidation sites excluding steroid dienone is 2. The highest BCUT2D eigenvalue weighted by molar-refractivity contribution is 7.82. The lowest BCUT2D eigenvalue weighted by Crippen LogP contribution is -3.00. The standard InChI is InChI=1S/C18H20P.BrH/c1-16-12-13-19(14-16,18-10-6-3-7-11-18)15-17-8-4-2-5-9-17;/h2-12H,13-15H2,1H3;1H/q+1;/p-1. The third-order valence-electron chi connectivity index (χ3n) is 3.97. The Morgan fingerprint density at radius 2 is 1.50 bits per heavy atom. The number of halogens is 1. The molecule has 2 heteroatoms. The molecular weight excluding hydrogens is 327 g/mol. The van der Waals surface area contributed by atoms with Gasteiger partial charge in [0, 0.05) is 0 Å². The zero-order valence-electron chi connectivity index (χ0n) is 11.8. The number of rotatable bonds is 3. The summed E-state index contributed by atoms with van der Waals surface area (Å²) in [6.07, 6.45) is 6.28. The normalized spacial score (nSPS) is 21.1. The molecule has 0 aliphatic carbocycles. The van der Waals surface area contributed by atoms with Crippen LogP contribution in [0, 0.1) is 0 Å². The van der Waals surface area contributed by atoms with E-state index in [0.29, 0.717) is 0 Å². The van der Waals surface area contributed by atoms with Crippen LogP contribution in [0.4, 0.5) is 0 Å². The van der Waals surface area contributed by atoms with Gasteiger partial charge < -0.3 is 17.0 Å². The van der Waals surface area contributed by atoms with Crippen LogP contribution in [-0.2, 0) is 6.16 Å². The summed E-state index contributed by atoms with van der Waals surface area (Å²) in [6, 6.07) is 22.2. The van der Waals surface area contributed by atoms with E-state index in [1.807, 2.05) is 0 Å². The Bertz CT molecular complexity index is 577. The Balaban J connectivity index is 0.00000147. The molecule has 0 fully saturated rings. The van der Waals surface area contributed by atoms with E-state index in [1.165, 1.54) is 24.0 Å². The molecule has 2 aromatic rings. The molecule has 1 aliphatic rings. The first-order valence-electron chi connectivity index (χ1n) is 6.90. The summed E-state index contributed by atoms with van der Waals surface area (Å²) in [7, 11) is -1.07. The van der Waals surface area contributed by atoms with Gasteiger partial charge in [-0.2, -0.15) is 0 Å². The van der Waals surface area contributed by atoms with Gasteiger partial charge in [0.1, 0.15) is 0 Å². The fourth-order valence-corrected chi connectivity index (χ4v) is 7.43. The summed E-state index contributed by atoms with van der Waals surface area (Å²) in [5.41, 5.74) is 3.07. The van der Waals surface area contributed by atoms with Crippen LogP contribution in [0.15, 0.2) is 72.3 Å². The minimum atomic E-state index is -1.07. The van der Waals surface area contributed by atoms with Crippen LogP contribution in [0.25, 0.3) is 0 Å². The van der Waals surface area contributed by atoms with Crippen molar-refractivity contribution in [1.29, 1.82) is 0 Å². The molecule has 0 saturated heterocycles. The van der Waals surface area contributed by atoms with E-state index in [-0.39, 0.29) is 17.0 Å². The van der Waals surface area contributed by atoms with Gasteiger partial charge in [-0.15, -0.1) is 0 Å². The van der Waals surface area contributed by atoms with Crippen molar-refractivity contribution in [1.82, 2.24) is 0 Å². The van der Waals surface area contributed by atoms with Gasteiger partial charge in [-0.1, -0.05) is 48.5 Å². The fraction of sp³-hybridized carbons (Fsp3) is 0.222. The zero-order valence-corrected chi connectivity index (χ0v) is 14.3. The molecule has 0 aromatic heterocycles. The molecule has 3 rings (SSSR count). The van der Waals surface area contributed by atoms with E-state index in [1.54, 1.807) is 10.9 Å². The van der Waals surface area contributed by atoms with Gasteiger partial charge in [0.15, 0.2) is 0 Å². The molecule has 0 spiro atoms. The summed E-state index contributed by atoms with van der Waals surface area (Å²) in [4.78, 5) is 0. The van der Waals surface area contributed by atoms with Gasteiger partial charge in [0.2, 0.25) is 0 Å². The fourth-order valence-electron chi connectivity index (χ4n) is 3.02. The Labute approximate surface area is 133 Å². The van der Waals surface area contributed by atoms with Crippen molar-refractivity contribution >= 4 is 12.6 Å². The SMILES string of the molecule is CC1=CC[P+](Cc2ccccc2)(c2ccccc2)C1.[Br-]. The van der Waals surface area contributed by atoms with Gasteiger partial charge in [-0.05, 0) is 36.3 Å². The lowest BCUT2D eigenvalue weighted by atomic mass is 10.2. The number of benzene rings is 2. The molecule has 0 radical (unpaired) electrons. The van der Waals surface area contributed by atoms with Gasteiger partial charge >= 0.3 is 0 Å². The molecule has 1 unspecified atom stereocenters. The van der Waals surface area contributed by atoms with E-state index in [0.717, 1.165) is 0 Å². The van der Waals surface area contributed by atoms with Crippen molar-refractivity contribution in [3.63, 3.8) is 0 Å². The molecule has 0 bridgehead atoms. The largest absolute Gasteiger partial charge is 1.00 e. The first-order valence-corrected chi connectivity index (χ1v) is 9.24. The van der Waals surface area contributed by atoms with E-state index in [2.05, 4.69) is 73.7 Å². The second kappa shape index (κ2) is 6.70. The summed E-state index contributed by atoms with van der Waals surface area (Å²) < 4.78 is 0.